The summed E-state index contributed by atoms with van der Waals surface area (Å²) in [5.74, 6) is -41.3. The molecule has 16 heteroatoms. The molecule has 4 nitrogen and oxygen atoms in total. The highest BCUT2D eigenvalue weighted by atomic mass is 19.4. The number of carbonyl (C=O) groups is 2. The van der Waals surface area contributed by atoms with Crippen LogP contribution in [0.5, 0.6) is 0 Å². The minimum Gasteiger partial charge on any atom is -0.460 e. The Morgan fingerprint density at radius 1 is 0.718 bits per heavy atom. The van der Waals surface area contributed by atoms with Gasteiger partial charge >= 0.3 is 48.0 Å². The molecule has 240 valence electrons. The van der Waals surface area contributed by atoms with E-state index in [-0.39, 0.29) is 36.1 Å². The molecule has 0 aromatic carbocycles. The van der Waals surface area contributed by atoms with Gasteiger partial charge in [0.25, 0.3) is 0 Å². The van der Waals surface area contributed by atoms with Crippen molar-refractivity contribution < 1.29 is 71.7 Å². The van der Waals surface area contributed by atoms with E-state index in [9.17, 15) is 62.3 Å². The fraction of sp³-hybridized carbons (Fsp3) is 0.913. The van der Waals surface area contributed by atoms with E-state index in [4.69, 9.17) is 4.74 Å². The third-order valence-corrected chi connectivity index (χ3v) is 4.61. The van der Waals surface area contributed by atoms with Crippen molar-refractivity contribution in [1.29, 1.82) is 0 Å². The van der Waals surface area contributed by atoms with Crippen molar-refractivity contribution in [1.82, 2.24) is 0 Å². The van der Waals surface area contributed by atoms with E-state index in [0.29, 0.717) is 0 Å². The highest BCUT2D eigenvalue weighted by molar-refractivity contribution is 5.76. The zero-order valence-electron chi connectivity index (χ0n) is 19.0. The molecule has 0 aliphatic carbocycles. The molecule has 0 heterocycles. The average molecular weight is 609 g/mol. The van der Waals surface area contributed by atoms with Crippen LogP contribution < -0.4 is 0 Å². The van der Waals surface area contributed by atoms with Crippen molar-refractivity contribution in [3.05, 3.63) is 0 Å². The van der Waals surface area contributed by atoms with Gasteiger partial charge in [-0.1, -0.05) is 43.6 Å². The van der Waals surface area contributed by atoms with Crippen molar-refractivity contribution in [3.8, 4) is 0 Å². The third-order valence-electron chi connectivity index (χ3n) is 4.61. The Morgan fingerprint density at radius 2 is 1.13 bits per heavy atom. The van der Waals surface area contributed by atoms with Gasteiger partial charge < -0.3 is 9.47 Å². The van der Waals surface area contributed by atoms with Crippen molar-refractivity contribution >= 4 is 11.9 Å². The van der Waals surface area contributed by atoms with Gasteiger partial charge in [-0.05, 0) is 33.6 Å². The minimum atomic E-state index is -7.70. The Morgan fingerprint density at radius 3 is 1.46 bits per heavy atom. The molecule has 0 spiro atoms. The van der Waals surface area contributed by atoms with Gasteiger partial charge in [-0.3, -0.25) is 9.59 Å². The summed E-state index contributed by atoms with van der Waals surface area (Å²) >= 11 is 0. The summed E-state index contributed by atoms with van der Waals surface area (Å²) in [7, 11) is 0. The molecule has 0 amide bonds. The van der Waals surface area contributed by atoms with E-state index in [2.05, 4.69) is 4.74 Å². The van der Waals surface area contributed by atoms with Gasteiger partial charge in [-0.25, -0.2) is 8.78 Å². The van der Waals surface area contributed by atoms with E-state index in [1.165, 1.54) is 34.6 Å². The van der Waals surface area contributed by atoms with Crippen molar-refractivity contribution in [2.45, 2.75) is 119 Å². The molecule has 0 aliphatic rings. The largest absolute Gasteiger partial charge is 0.460 e. The summed E-state index contributed by atoms with van der Waals surface area (Å²) in [5.41, 5.74) is -0.949. The smallest absolute Gasteiger partial charge is 0.384 e. The van der Waals surface area contributed by atoms with Gasteiger partial charge in [0.1, 0.15) is 5.60 Å². The highest BCUT2D eigenvalue weighted by Gasteiger charge is 2.87. The molecule has 0 saturated heterocycles. The monoisotopic (exact) mass is 608 g/mol. The second kappa shape index (κ2) is 15.2. The predicted molar refractivity (Wildman–Crippen MR) is 122 cm³/mol. The van der Waals surface area contributed by atoms with Gasteiger partial charge in [0, 0.05) is 0 Å². The average Bonchev–Trinajstić information content (AvgIpc) is 2.67. The molecule has 2 atom stereocenters. The summed E-state index contributed by atoms with van der Waals surface area (Å²) in [6.45, 7) is 4.04. The van der Waals surface area contributed by atoms with Crippen LogP contribution in [-0.2, 0) is 19.1 Å². The number of rotatable bonds is 12. The summed E-state index contributed by atoms with van der Waals surface area (Å²) in [4.78, 5) is 23.9. The number of halogens is 12. The maximum atomic E-state index is 13.8. The molecule has 39 heavy (non-hydrogen) atoms. The molecule has 0 aromatic heterocycles. The van der Waals surface area contributed by atoms with Crippen LogP contribution in [0, 0.1) is 11.8 Å². The fourth-order valence-corrected chi connectivity index (χ4v) is 2.50. The first-order chi connectivity index (χ1) is 15.3. The molecule has 0 radical (unpaired) electrons. The lowest BCUT2D eigenvalue weighted by Crippen LogP contribution is -2.69. The van der Waals surface area contributed by atoms with Crippen LogP contribution in [0.4, 0.5) is 52.7 Å². The fourth-order valence-electron chi connectivity index (χ4n) is 2.50. The van der Waals surface area contributed by atoms with Crippen LogP contribution in [-0.4, -0.2) is 60.2 Å². The number of hydrogen-bond acceptors (Lipinski definition) is 4. The quantitative estimate of drug-likeness (QED) is 0.164. The molecule has 0 aromatic rings. The number of alkyl halides is 12. The Balaban J connectivity index is -0.000000963. The Hall–Kier alpha value is -1.90. The number of hydrogen-bond donors (Lipinski definition) is 0. The van der Waals surface area contributed by atoms with Crippen LogP contribution in [0.2, 0.25) is 0 Å². The predicted octanol–water partition coefficient (Wildman–Crippen LogP) is 8.91. The van der Waals surface area contributed by atoms with Crippen molar-refractivity contribution in [2.24, 2.45) is 11.8 Å². The van der Waals surface area contributed by atoms with E-state index >= 15 is 0 Å². The zero-order chi connectivity index (χ0) is 28.4. The second-order valence-electron chi connectivity index (χ2n) is 8.73. The lowest BCUT2D eigenvalue weighted by Gasteiger charge is -2.39. The number of ether oxygens (including phenoxy) is 2. The van der Waals surface area contributed by atoms with Gasteiger partial charge in [0.15, 0.2) is 6.61 Å². The minimum absolute atomic E-state index is 0. The topological polar surface area (TPSA) is 52.6 Å². The van der Waals surface area contributed by atoms with Gasteiger partial charge in [0.2, 0.25) is 0 Å². The molecule has 0 saturated carbocycles. The Bertz CT molecular complexity index is 750. The summed E-state index contributed by atoms with van der Waals surface area (Å²) in [5, 5.41) is 0. The first-order valence-corrected chi connectivity index (χ1v) is 9.86. The molecular formula is C23H40F12O4. The molecule has 2 unspecified atom stereocenters. The van der Waals surface area contributed by atoms with Crippen LogP contribution in [0.1, 0.15) is 77.2 Å². The van der Waals surface area contributed by atoms with Crippen LogP contribution in [0.25, 0.3) is 0 Å². The number of esters is 2. The van der Waals surface area contributed by atoms with Crippen LogP contribution in [0.3, 0.4) is 0 Å². The highest BCUT2D eigenvalue weighted by Crippen LogP contribution is 2.58. The van der Waals surface area contributed by atoms with Crippen molar-refractivity contribution in [2.75, 3.05) is 6.61 Å². The molecular weight excluding hydrogens is 568 g/mol. The normalized spacial score (nSPS) is 14.5. The maximum absolute atomic E-state index is 13.8. The summed E-state index contributed by atoms with van der Waals surface area (Å²) in [6, 6.07) is 0. The SMILES string of the molecule is C.C.C.C.CCC(CC(C)C(=O)OC(C)(C)C)C(=O)OCC(F)(F)C(F)(F)C(F)(F)C(F)(F)C(F)(F)C(F)F. The molecule has 0 N–H and O–H groups in total. The summed E-state index contributed by atoms with van der Waals surface area (Å²) in [6.07, 6.45) is -6.30. The van der Waals surface area contributed by atoms with Crippen LogP contribution >= 0.6 is 0 Å². The Labute approximate surface area is 221 Å². The van der Waals surface area contributed by atoms with E-state index in [0.717, 1.165) is 0 Å². The van der Waals surface area contributed by atoms with E-state index in [1.807, 2.05) is 0 Å². The van der Waals surface area contributed by atoms with Crippen molar-refractivity contribution in [3.63, 3.8) is 0 Å². The Kier molecular flexibility index (Phi) is 18.3. The van der Waals surface area contributed by atoms with Crippen LogP contribution in [0.15, 0.2) is 0 Å². The van der Waals surface area contributed by atoms with E-state index in [1.54, 1.807) is 0 Å². The standard InChI is InChI=1S/C19H24F12O4.4CH4/c1-6-10(7-9(2)11(32)35-14(3,4)5)12(33)34-8-15(22,23)17(26,27)19(30,31)18(28,29)16(24,25)13(20)21;;;;/h9-10,13H,6-8H2,1-5H3;4*1H4. The zero-order valence-corrected chi connectivity index (χ0v) is 19.0. The van der Waals surface area contributed by atoms with Gasteiger partial charge in [-0.15, -0.1) is 0 Å². The van der Waals surface area contributed by atoms with Gasteiger partial charge in [0.05, 0.1) is 11.8 Å². The lowest BCUT2D eigenvalue weighted by atomic mass is 9.93. The maximum Gasteiger partial charge on any atom is 0.384 e. The molecule has 0 bridgehead atoms. The lowest BCUT2D eigenvalue weighted by molar-refractivity contribution is -0.414. The number of carbonyl (C=O) groups excluding carboxylic acids is 2. The van der Waals surface area contributed by atoms with Gasteiger partial charge in [-0.2, -0.15) is 43.9 Å². The third kappa shape index (κ3) is 9.90. The molecule has 0 fully saturated rings. The molecule has 0 rings (SSSR count). The first-order valence-electron chi connectivity index (χ1n) is 9.86. The second-order valence-corrected chi connectivity index (χ2v) is 8.73. The first kappa shape index (κ1) is 46.9. The summed E-state index contributed by atoms with van der Waals surface area (Å²) < 4.78 is 167. The molecule has 0 aliphatic heterocycles. The van der Waals surface area contributed by atoms with E-state index < -0.39 is 78.4 Å².